The number of hydrogen-bond donors (Lipinski definition) is 2. The predicted molar refractivity (Wildman–Crippen MR) is 190 cm³/mol. The number of carbonyl (C=O) groups excluding carboxylic acids is 2. The third kappa shape index (κ3) is 7.32. The molecule has 1 atom stereocenters. The van der Waals surface area contributed by atoms with Gasteiger partial charge in [0.1, 0.15) is 5.82 Å². The maximum absolute atomic E-state index is 14.1. The van der Waals surface area contributed by atoms with Gasteiger partial charge in [0.25, 0.3) is 5.91 Å². The van der Waals surface area contributed by atoms with Crippen LogP contribution in [0.1, 0.15) is 46.6 Å². The lowest BCUT2D eigenvalue weighted by Gasteiger charge is -2.35. The number of aromatic nitrogens is 3. The highest BCUT2D eigenvalue weighted by molar-refractivity contribution is 5.95. The number of fused-ring (bicyclic) bond motifs is 6. The minimum Gasteiger partial charge on any atom is -0.493 e. The van der Waals surface area contributed by atoms with Crippen molar-refractivity contribution in [3.8, 4) is 28.7 Å². The zero-order valence-corrected chi connectivity index (χ0v) is 29.6. The highest BCUT2D eigenvalue weighted by atomic mass is 16.7. The smallest absolute Gasteiger partial charge is 0.254 e. The molecular formula is C37H45N7O7. The van der Waals surface area contributed by atoms with E-state index in [-0.39, 0.29) is 37.5 Å². The quantitative estimate of drug-likeness (QED) is 0.303. The lowest BCUT2D eigenvalue weighted by Crippen LogP contribution is -2.42. The second kappa shape index (κ2) is 14.9. The molecule has 5 heterocycles. The van der Waals surface area contributed by atoms with Gasteiger partial charge in [0.2, 0.25) is 18.4 Å². The number of ether oxygens (including phenoxy) is 5. The summed E-state index contributed by atoms with van der Waals surface area (Å²) in [4.78, 5) is 38.9. The van der Waals surface area contributed by atoms with Gasteiger partial charge >= 0.3 is 0 Å². The molecule has 0 spiro atoms. The highest BCUT2D eigenvalue weighted by Crippen LogP contribution is 2.44. The van der Waals surface area contributed by atoms with Crippen LogP contribution in [0.3, 0.4) is 0 Å². The van der Waals surface area contributed by atoms with E-state index < -0.39 is 0 Å². The Bertz CT molecular complexity index is 1910. The predicted octanol–water partition coefficient (Wildman–Crippen LogP) is 3.90. The first-order valence-electron chi connectivity index (χ1n) is 17.4. The molecule has 0 saturated carbocycles. The van der Waals surface area contributed by atoms with Gasteiger partial charge in [-0.25, -0.2) is 4.98 Å². The molecule has 270 valence electrons. The van der Waals surface area contributed by atoms with E-state index in [1.807, 2.05) is 19.1 Å². The lowest BCUT2D eigenvalue weighted by atomic mass is 9.97. The molecule has 0 aliphatic carbocycles. The number of H-pyrrole nitrogens is 1. The third-order valence-electron chi connectivity index (χ3n) is 9.83. The molecular weight excluding hydrogens is 654 g/mol. The fourth-order valence-electron chi connectivity index (χ4n) is 7.25. The molecule has 3 aliphatic rings. The Kier molecular flexibility index (Phi) is 10.0. The summed E-state index contributed by atoms with van der Waals surface area (Å²) < 4.78 is 28.3. The summed E-state index contributed by atoms with van der Waals surface area (Å²) in [5, 5.41) is 11.6. The summed E-state index contributed by atoms with van der Waals surface area (Å²) in [6.07, 6.45) is 2.17. The van der Waals surface area contributed by atoms with Crippen LogP contribution in [0, 0.1) is 12.8 Å². The van der Waals surface area contributed by atoms with Gasteiger partial charge in [-0.05, 0) is 56.0 Å². The van der Waals surface area contributed by atoms with E-state index in [0.29, 0.717) is 67.0 Å². The first-order chi connectivity index (χ1) is 24.8. The van der Waals surface area contributed by atoms with Gasteiger partial charge in [-0.1, -0.05) is 0 Å². The molecule has 0 radical (unpaired) electrons. The van der Waals surface area contributed by atoms with Crippen molar-refractivity contribution >= 4 is 28.5 Å². The van der Waals surface area contributed by atoms with Gasteiger partial charge in [-0.3, -0.25) is 19.6 Å². The Balaban J connectivity index is 1.30. The number of methoxy groups -OCH3 is 3. The Morgan fingerprint density at radius 1 is 0.980 bits per heavy atom. The number of anilines is 1. The van der Waals surface area contributed by atoms with E-state index in [4.69, 9.17) is 28.7 Å². The Morgan fingerprint density at radius 2 is 1.82 bits per heavy atom. The van der Waals surface area contributed by atoms with Crippen LogP contribution in [0.4, 0.5) is 5.82 Å². The number of nitrogens with one attached hydrogen (secondary N) is 2. The van der Waals surface area contributed by atoms with E-state index in [9.17, 15) is 9.59 Å². The zero-order valence-electron chi connectivity index (χ0n) is 29.6. The minimum absolute atomic E-state index is 0.0769. The van der Waals surface area contributed by atoms with E-state index in [0.717, 1.165) is 59.6 Å². The van der Waals surface area contributed by atoms with Gasteiger partial charge in [0.15, 0.2) is 23.0 Å². The van der Waals surface area contributed by atoms with E-state index in [1.165, 1.54) is 0 Å². The van der Waals surface area contributed by atoms with Crippen molar-refractivity contribution in [3.05, 3.63) is 58.9 Å². The molecule has 2 aromatic heterocycles. The number of carbonyl (C=O) groups is 2. The van der Waals surface area contributed by atoms with Crippen LogP contribution in [-0.4, -0.2) is 104 Å². The molecule has 14 nitrogen and oxygen atoms in total. The molecule has 1 unspecified atom stereocenters. The minimum atomic E-state index is -0.179. The SMILES string of the molecule is COc1cc2nc3c(cc2c(OC)c1OC)CN(Cc1cc(C)[nH]n1)CCN(C(=O)c1ccc2c(c1)OCO2)CCC(=O)NCC1CCCN3C1. The van der Waals surface area contributed by atoms with Crippen molar-refractivity contribution in [2.75, 3.05) is 72.3 Å². The largest absolute Gasteiger partial charge is 0.493 e. The molecule has 4 aromatic rings. The first kappa shape index (κ1) is 34.2. The molecule has 2 bridgehead atoms. The molecule has 51 heavy (non-hydrogen) atoms. The number of benzene rings is 2. The maximum atomic E-state index is 14.1. The molecule has 1 saturated heterocycles. The summed E-state index contributed by atoms with van der Waals surface area (Å²) in [5.41, 5.74) is 4.06. The van der Waals surface area contributed by atoms with Crippen LogP contribution in [0.15, 0.2) is 36.4 Å². The fourth-order valence-corrected chi connectivity index (χ4v) is 7.25. The molecule has 2 amide bonds. The van der Waals surface area contributed by atoms with Gasteiger partial charge in [0, 0.05) is 87.1 Å². The molecule has 1 fully saturated rings. The number of rotatable bonds is 6. The first-order valence-corrected chi connectivity index (χ1v) is 17.4. The molecule has 3 aliphatic heterocycles. The van der Waals surface area contributed by atoms with Crippen molar-refractivity contribution in [1.82, 2.24) is 30.3 Å². The number of piperidine rings is 1. The molecule has 14 heteroatoms. The van der Waals surface area contributed by atoms with Gasteiger partial charge in [-0.15, -0.1) is 0 Å². The van der Waals surface area contributed by atoms with Crippen LogP contribution in [0.5, 0.6) is 28.7 Å². The number of hydrogen-bond acceptors (Lipinski definition) is 11. The summed E-state index contributed by atoms with van der Waals surface area (Å²) in [7, 11) is 4.81. The van der Waals surface area contributed by atoms with Crippen molar-refractivity contribution < 1.29 is 33.3 Å². The van der Waals surface area contributed by atoms with E-state index >= 15 is 0 Å². The molecule has 2 aromatic carbocycles. The fraction of sp³-hybridized carbons (Fsp3) is 0.459. The van der Waals surface area contributed by atoms with Crippen LogP contribution in [0.25, 0.3) is 10.9 Å². The van der Waals surface area contributed by atoms with Crippen LogP contribution in [-0.2, 0) is 17.9 Å². The van der Waals surface area contributed by atoms with Crippen molar-refractivity contribution in [2.24, 2.45) is 5.92 Å². The van der Waals surface area contributed by atoms with Crippen molar-refractivity contribution in [3.63, 3.8) is 0 Å². The van der Waals surface area contributed by atoms with Gasteiger partial charge < -0.3 is 38.8 Å². The van der Waals surface area contributed by atoms with Crippen LogP contribution in [0.2, 0.25) is 0 Å². The number of nitrogens with zero attached hydrogens (tertiary/aromatic N) is 5. The topological polar surface area (TPSA) is 144 Å². The average Bonchev–Trinajstić information content (AvgIpc) is 3.80. The standard InChI is InChI=1S/C37H45N7O7/c1-23-14-27(41-40-23)21-42-12-13-43(37(46)25-7-8-30-31(16-25)51-22-50-30)11-9-33(45)38-18-24-6-5-10-44(19-24)36-26(20-42)15-28-29(39-36)17-32(47-2)35(49-4)34(28)48-3/h7-8,14-17,24H,5-6,9-13,18-22H2,1-4H3,(H,38,45)(H,40,41). The second-order valence-corrected chi connectivity index (χ2v) is 13.3. The van der Waals surface area contributed by atoms with E-state index in [1.54, 1.807) is 44.4 Å². The maximum Gasteiger partial charge on any atom is 0.254 e. The third-order valence-corrected chi connectivity index (χ3v) is 9.83. The van der Waals surface area contributed by atoms with Gasteiger partial charge in [0.05, 0.1) is 32.5 Å². The van der Waals surface area contributed by atoms with Gasteiger partial charge in [-0.2, -0.15) is 5.10 Å². The second-order valence-electron chi connectivity index (χ2n) is 13.3. The summed E-state index contributed by atoms with van der Waals surface area (Å²) in [5.74, 6) is 3.59. The number of amides is 2. The zero-order chi connectivity index (χ0) is 35.5. The summed E-state index contributed by atoms with van der Waals surface area (Å²) in [6.45, 7) is 6.45. The number of aromatic amines is 1. The number of pyridine rings is 1. The van der Waals surface area contributed by atoms with Crippen LogP contribution >= 0.6 is 0 Å². The molecule has 2 N–H and O–H groups in total. The highest BCUT2D eigenvalue weighted by Gasteiger charge is 2.28. The number of aryl methyl sites for hydroxylation is 1. The molecule has 7 rings (SSSR count). The Hall–Kier alpha value is -5.24. The van der Waals surface area contributed by atoms with Crippen LogP contribution < -0.4 is 33.9 Å². The van der Waals surface area contributed by atoms with Crippen molar-refractivity contribution in [2.45, 2.75) is 39.3 Å². The summed E-state index contributed by atoms with van der Waals surface area (Å²) >= 11 is 0. The Labute approximate surface area is 296 Å². The Morgan fingerprint density at radius 3 is 2.61 bits per heavy atom. The monoisotopic (exact) mass is 699 g/mol. The summed E-state index contributed by atoms with van der Waals surface area (Å²) in [6, 6.07) is 11.3. The lowest BCUT2D eigenvalue weighted by molar-refractivity contribution is -0.121. The van der Waals surface area contributed by atoms with E-state index in [2.05, 4.69) is 31.4 Å². The van der Waals surface area contributed by atoms with Crippen molar-refractivity contribution in [1.29, 1.82) is 0 Å². The average molecular weight is 700 g/mol. The normalized spacial score (nSPS) is 18.4.